The summed E-state index contributed by atoms with van der Waals surface area (Å²) in [5.41, 5.74) is 0.820. The van der Waals surface area contributed by atoms with E-state index in [2.05, 4.69) is 65.5 Å². The zero-order valence-electron chi connectivity index (χ0n) is 18.8. The topological polar surface area (TPSA) is 95.3 Å². The molecule has 0 aliphatic carbocycles. The minimum absolute atomic E-state index is 0. The van der Waals surface area contributed by atoms with E-state index in [0.29, 0.717) is 18.5 Å². The summed E-state index contributed by atoms with van der Waals surface area (Å²) in [7, 11) is 5.93. The van der Waals surface area contributed by atoms with Gasteiger partial charge in [0.25, 0.3) is 0 Å². The van der Waals surface area contributed by atoms with Gasteiger partial charge in [-0.2, -0.15) is 5.10 Å². The maximum absolute atomic E-state index is 4.39. The number of piperidine rings is 1. The van der Waals surface area contributed by atoms with Crippen molar-refractivity contribution in [3.63, 3.8) is 0 Å². The van der Waals surface area contributed by atoms with E-state index in [4.69, 9.17) is 0 Å². The Labute approximate surface area is 210 Å². The van der Waals surface area contributed by atoms with Gasteiger partial charge in [0.15, 0.2) is 11.6 Å². The van der Waals surface area contributed by atoms with E-state index in [1.807, 2.05) is 25.4 Å². The van der Waals surface area contributed by atoms with Crippen molar-refractivity contribution in [1.29, 1.82) is 0 Å². The van der Waals surface area contributed by atoms with Crippen LogP contribution in [0, 0.1) is 5.92 Å². The van der Waals surface area contributed by atoms with Crippen molar-refractivity contribution in [2.45, 2.75) is 18.9 Å². The molecule has 3 aromatic rings. The van der Waals surface area contributed by atoms with Crippen LogP contribution in [0.3, 0.4) is 0 Å². The Hall–Kier alpha value is -1.99. The number of aromatic nitrogens is 4. The van der Waals surface area contributed by atoms with Gasteiger partial charge in [0.1, 0.15) is 12.1 Å². The number of aryl methyl sites for hydroxylation is 1. The van der Waals surface area contributed by atoms with Crippen molar-refractivity contribution in [2.75, 3.05) is 45.6 Å². The number of guanidine groups is 1. The number of anilines is 1. The van der Waals surface area contributed by atoms with E-state index >= 15 is 0 Å². The fraction of sp³-hybridized carbons (Fsp3) is 0.524. The van der Waals surface area contributed by atoms with Gasteiger partial charge >= 0.3 is 0 Å². The second-order valence-corrected chi connectivity index (χ2v) is 8.86. The first-order valence-corrected chi connectivity index (χ1v) is 11.6. The largest absolute Gasteiger partial charge is 0.368 e. The normalized spacial score (nSPS) is 19.5. The molecule has 0 radical (unpaired) electrons. The van der Waals surface area contributed by atoms with E-state index in [1.165, 1.54) is 17.7 Å². The van der Waals surface area contributed by atoms with Gasteiger partial charge in [-0.15, -0.1) is 35.3 Å². The molecule has 0 amide bonds. The first-order valence-electron chi connectivity index (χ1n) is 10.7. The number of thiophene rings is 1. The van der Waals surface area contributed by atoms with E-state index in [-0.39, 0.29) is 24.0 Å². The summed E-state index contributed by atoms with van der Waals surface area (Å²) in [5.74, 6) is 2.19. The summed E-state index contributed by atoms with van der Waals surface area (Å²) in [4.78, 5) is 16.9. The van der Waals surface area contributed by atoms with Crippen molar-refractivity contribution in [3.8, 4) is 0 Å². The van der Waals surface area contributed by atoms with Crippen LogP contribution >= 0.6 is 35.3 Å². The summed E-state index contributed by atoms with van der Waals surface area (Å²) in [6.45, 7) is 3.50. The van der Waals surface area contributed by atoms with Crippen LogP contribution in [0.4, 0.5) is 5.82 Å². The Kier molecular flexibility index (Phi) is 9.05. The first-order chi connectivity index (χ1) is 15.2. The third-order valence-electron chi connectivity index (χ3n) is 5.84. The Balaban J connectivity index is 0.00000289. The van der Waals surface area contributed by atoms with Gasteiger partial charge in [0.05, 0.1) is 11.6 Å². The van der Waals surface area contributed by atoms with Gasteiger partial charge in [-0.3, -0.25) is 14.6 Å². The first kappa shape index (κ1) is 24.6. The molecule has 3 N–H and O–H groups in total. The molecule has 2 atom stereocenters. The number of halogens is 1. The van der Waals surface area contributed by atoms with Crippen LogP contribution in [0.2, 0.25) is 0 Å². The molecule has 0 bridgehead atoms. The third kappa shape index (κ3) is 5.67. The monoisotopic (exact) mass is 569 g/mol. The lowest BCUT2D eigenvalue weighted by molar-refractivity contribution is 0.125. The highest BCUT2D eigenvalue weighted by Crippen LogP contribution is 2.36. The zero-order valence-corrected chi connectivity index (χ0v) is 21.9. The summed E-state index contributed by atoms with van der Waals surface area (Å²) >= 11 is 1.85. The molecule has 0 aromatic carbocycles. The van der Waals surface area contributed by atoms with Gasteiger partial charge in [0, 0.05) is 44.6 Å². The average molecular weight is 570 g/mol. The van der Waals surface area contributed by atoms with E-state index in [9.17, 15) is 0 Å². The average Bonchev–Trinajstić information content (AvgIpc) is 3.44. The maximum atomic E-state index is 4.39. The van der Waals surface area contributed by atoms with Crippen molar-refractivity contribution in [1.82, 2.24) is 35.3 Å². The third-order valence-corrected chi connectivity index (χ3v) is 6.78. The molecule has 9 nitrogen and oxygen atoms in total. The lowest BCUT2D eigenvalue weighted by Gasteiger charge is -2.39. The van der Waals surface area contributed by atoms with Gasteiger partial charge < -0.3 is 16.0 Å². The summed E-state index contributed by atoms with van der Waals surface area (Å²) in [6, 6.07) is 4.88. The number of hydrogen-bond acceptors (Lipinski definition) is 7. The van der Waals surface area contributed by atoms with E-state index in [1.54, 1.807) is 17.2 Å². The van der Waals surface area contributed by atoms with Gasteiger partial charge in [0.2, 0.25) is 0 Å². The molecule has 4 heterocycles. The molecule has 2 unspecified atom stereocenters. The molecule has 0 spiro atoms. The summed E-state index contributed by atoms with van der Waals surface area (Å²) < 4.78 is 1.75. The van der Waals surface area contributed by atoms with Crippen LogP contribution in [0.25, 0.3) is 11.0 Å². The molecular weight excluding hydrogens is 537 g/mol. The number of nitrogens with zero attached hydrogens (tertiary/aromatic N) is 6. The molecule has 1 aliphatic heterocycles. The summed E-state index contributed by atoms with van der Waals surface area (Å²) in [6.07, 6.45) is 5.82. The number of aliphatic imine (C=N–C) groups is 1. The fourth-order valence-corrected chi connectivity index (χ4v) is 5.28. The molecule has 1 aliphatic rings. The second-order valence-electron chi connectivity index (χ2n) is 7.88. The lowest BCUT2D eigenvalue weighted by Crippen LogP contribution is -2.45. The second kappa shape index (κ2) is 11.8. The molecule has 3 aromatic heterocycles. The highest BCUT2D eigenvalue weighted by Gasteiger charge is 2.31. The number of hydrogen-bond donors (Lipinski definition) is 3. The van der Waals surface area contributed by atoms with Crippen molar-refractivity contribution in [2.24, 2.45) is 18.0 Å². The van der Waals surface area contributed by atoms with Gasteiger partial charge in [-0.25, -0.2) is 9.97 Å². The predicted octanol–water partition coefficient (Wildman–Crippen LogP) is 2.70. The van der Waals surface area contributed by atoms with E-state index < -0.39 is 0 Å². The van der Waals surface area contributed by atoms with Crippen LogP contribution < -0.4 is 16.0 Å². The number of likely N-dealkylation sites (tertiary alicyclic amines) is 1. The van der Waals surface area contributed by atoms with Crippen molar-refractivity contribution >= 4 is 58.1 Å². The Morgan fingerprint density at radius 1 is 1.25 bits per heavy atom. The minimum Gasteiger partial charge on any atom is -0.368 e. The SMILES string of the molecule is CN=C(NCCNc1ncnc2c1cnn2C)NCC1CCCN(C)C1c1cccs1.I. The van der Waals surface area contributed by atoms with Crippen LogP contribution in [-0.2, 0) is 7.05 Å². The number of rotatable bonds is 7. The zero-order chi connectivity index (χ0) is 21.6. The van der Waals surface area contributed by atoms with Crippen LogP contribution in [0.5, 0.6) is 0 Å². The molecule has 174 valence electrons. The smallest absolute Gasteiger partial charge is 0.191 e. The van der Waals surface area contributed by atoms with Crippen LogP contribution in [-0.4, -0.2) is 70.9 Å². The number of nitrogens with one attached hydrogen (secondary N) is 3. The molecule has 4 rings (SSSR count). The van der Waals surface area contributed by atoms with Crippen LogP contribution in [0.1, 0.15) is 23.8 Å². The quantitative estimate of drug-likeness (QED) is 0.174. The molecular formula is C21H32IN9S. The van der Waals surface area contributed by atoms with E-state index in [0.717, 1.165) is 42.4 Å². The molecule has 32 heavy (non-hydrogen) atoms. The Morgan fingerprint density at radius 2 is 2.12 bits per heavy atom. The fourth-order valence-electron chi connectivity index (χ4n) is 4.30. The Morgan fingerprint density at radius 3 is 2.91 bits per heavy atom. The molecule has 1 fully saturated rings. The van der Waals surface area contributed by atoms with Gasteiger partial charge in [-0.1, -0.05) is 6.07 Å². The summed E-state index contributed by atoms with van der Waals surface area (Å²) in [5, 5.41) is 17.6. The highest BCUT2D eigenvalue weighted by molar-refractivity contribution is 14.0. The van der Waals surface area contributed by atoms with Crippen molar-refractivity contribution < 1.29 is 0 Å². The van der Waals surface area contributed by atoms with Crippen molar-refractivity contribution in [3.05, 3.63) is 34.9 Å². The Bertz CT molecular complexity index is 1000. The number of fused-ring (bicyclic) bond motifs is 1. The van der Waals surface area contributed by atoms with Crippen LogP contribution in [0.15, 0.2) is 35.0 Å². The minimum atomic E-state index is 0. The standard InChI is InChI=1S/C21H31N9S.HI/c1-22-21(24-9-8-23-19-16-13-28-30(3)20(16)27-14-26-19)25-12-15-6-4-10-29(2)18(15)17-7-5-11-31-17;/h5,7,11,13-15,18H,4,6,8-10,12H2,1-3H3,(H2,22,24,25)(H,23,26,27);1H. The molecule has 11 heteroatoms. The maximum Gasteiger partial charge on any atom is 0.191 e. The predicted molar refractivity (Wildman–Crippen MR) is 142 cm³/mol. The lowest BCUT2D eigenvalue weighted by atomic mass is 9.88. The highest BCUT2D eigenvalue weighted by atomic mass is 127. The van der Waals surface area contributed by atoms with Gasteiger partial charge in [-0.05, 0) is 43.8 Å². The molecule has 1 saturated heterocycles. The molecule has 0 saturated carbocycles.